The average Bonchev–Trinajstić information content (AvgIpc) is 3.05. The smallest absolute Gasteiger partial charge is 0.254 e. The van der Waals surface area contributed by atoms with Gasteiger partial charge in [0.25, 0.3) is 5.56 Å². The van der Waals surface area contributed by atoms with E-state index < -0.39 is 0 Å². The molecular weight excluding hydrogens is 358 g/mol. The number of carbonyl (C=O) groups is 1. The first kappa shape index (κ1) is 17.8. The predicted octanol–water partition coefficient (Wildman–Crippen LogP) is 4.02. The Labute approximate surface area is 161 Å². The number of aryl methyl sites for hydroxylation is 1. The minimum Gasteiger partial charge on any atom is -0.325 e. The van der Waals surface area contributed by atoms with Crippen molar-refractivity contribution in [2.45, 2.75) is 37.4 Å². The van der Waals surface area contributed by atoms with E-state index in [0.717, 1.165) is 40.2 Å². The molecule has 0 aliphatic carbocycles. The summed E-state index contributed by atoms with van der Waals surface area (Å²) in [5, 5.41) is 5.84. The van der Waals surface area contributed by atoms with Gasteiger partial charge >= 0.3 is 0 Å². The summed E-state index contributed by atoms with van der Waals surface area (Å²) >= 11 is 1.55. The lowest BCUT2D eigenvalue weighted by atomic mass is 10.1. The highest BCUT2D eigenvalue weighted by molar-refractivity contribution is 7.99. The Morgan fingerprint density at radius 2 is 2.07 bits per heavy atom. The van der Waals surface area contributed by atoms with Crippen LogP contribution in [0.2, 0.25) is 0 Å². The van der Waals surface area contributed by atoms with Gasteiger partial charge < -0.3 is 5.32 Å². The van der Waals surface area contributed by atoms with Gasteiger partial charge in [0.1, 0.15) is 0 Å². The molecule has 1 aliphatic heterocycles. The number of hydrogen-bond donors (Lipinski definition) is 1. The second-order valence-corrected chi connectivity index (χ2v) is 7.72. The fourth-order valence-corrected chi connectivity index (χ4v) is 4.65. The van der Waals surface area contributed by atoms with E-state index in [1.807, 2.05) is 42.5 Å². The molecule has 2 aromatic carbocycles. The van der Waals surface area contributed by atoms with Crippen LogP contribution in [-0.2, 0) is 11.2 Å². The largest absolute Gasteiger partial charge is 0.325 e. The van der Waals surface area contributed by atoms with E-state index in [2.05, 4.69) is 17.2 Å². The van der Waals surface area contributed by atoms with Crippen molar-refractivity contribution < 1.29 is 4.79 Å². The molecule has 1 atom stereocenters. The molecule has 4 rings (SSSR count). The Morgan fingerprint density at radius 3 is 2.93 bits per heavy atom. The van der Waals surface area contributed by atoms with Crippen molar-refractivity contribution in [3.05, 3.63) is 64.6 Å². The summed E-state index contributed by atoms with van der Waals surface area (Å²) in [7, 11) is 0. The maximum Gasteiger partial charge on any atom is 0.254 e. The van der Waals surface area contributed by atoms with Crippen molar-refractivity contribution in [2.24, 2.45) is 0 Å². The van der Waals surface area contributed by atoms with Crippen molar-refractivity contribution in [1.29, 1.82) is 0 Å². The number of rotatable bonds is 5. The Morgan fingerprint density at radius 1 is 1.26 bits per heavy atom. The Kier molecular flexibility index (Phi) is 4.99. The molecule has 1 N–H and O–H groups in total. The molecule has 1 aliphatic rings. The van der Waals surface area contributed by atoms with Crippen molar-refractivity contribution in [3.8, 4) is 0 Å². The molecule has 138 valence electrons. The summed E-state index contributed by atoms with van der Waals surface area (Å²) in [6.07, 6.45) is 2.02. The first-order chi connectivity index (χ1) is 13.2. The van der Waals surface area contributed by atoms with Crippen LogP contribution in [0.4, 0.5) is 5.69 Å². The molecule has 27 heavy (non-hydrogen) atoms. The molecule has 1 unspecified atom stereocenters. The van der Waals surface area contributed by atoms with Gasteiger partial charge in [0.2, 0.25) is 5.91 Å². The highest BCUT2D eigenvalue weighted by atomic mass is 32.2. The fraction of sp³-hybridized carbons (Fsp3) is 0.286. The Hall–Kier alpha value is -2.60. The van der Waals surface area contributed by atoms with Crippen LogP contribution in [0.25, 0.3) is 10.8 Å². The highest BCUT2D eigenvalue weighted by Crippen LogP contribution is 2.32. The van der Waals surface area contributed by atoms with E-state index in [4.69, 9.17) is 0 Å². The van der Waals surface area contributed by atoms with Gasteiger partial charge in [0.15, 0.2) is 5.16 Å². The van der Waals surface area contributed by atoms with E-state index in [-0.39, 0.29) is 23.9 Å². The zero-order valence-corrected chi connectivity index (χ0v) is 16.0. The van der Waals surface area contributed by atoms with E-state index in [1.165, 1.54) is 0 Å². The van der Waals surface area contributed by atoms with Crippen LogP contribution >= 0.6 is 11.8 Å². The number of benzene rings is 2. The maximum atomic E-state index is 12.6. The van der Waals surface area contributed by atoms with Gasteiger partial charge in [0, 0.05) is 35.0 Å². The number of fused-ring (bicyclic) bond motifs is 2. The van der Waals surface area contributed by atoms with Gasteiger partial charge in [-0.05, 0) is 17.9 Å². The van der Waals surface area contributed by atoms with Crippen molar-refractivity contribution in [1.82, 2.24) is 9.55 Å². The summed E-state index contributed by atoms with van der Waals surface area (Å²) in [5.41, 5.74) is 1.58. The molecule has 2 heterocycles. The monoisotopic (exact) mass is 379 g/mol. The van der Waals surface area contributed by atoms with Gasteiger partial charge in [-0.1, -0.05) is 61.5 Å². The first-order valence-corrected chi connectivity index (χ1v) is 10.2. The van der Waals surface area contributed by atoms with Crippen LogP contribution in [0, 0.1) is 0 Å². The molecule has 6 heteroatoms. The number of anilines is 1. The third-order valence-corrected chi connectivity index (χ3v) is 5.83. The summed E-state index contributed by atoms with van der Waals surface area (Å²) < 4.78 is 1.67. The normalized spacial score (nSPS) is 15.7. The molecule has 1 aromatic heterocycles. The van der Waals surface area contributed by atoms with E-state index in [1.54, 1.807) is 22.4 Å². The summed E-state index contributed by atoms with van der Waals surface area (Å²) in [5.74, 6) is 0.607. The SMILES string of the molecule is CCCc1cc(=O)n2c(n1)SCC2CC(=O)Nc1cccc2ccccc12. The Bertz CT molecular complexity index is 1060. The van der Waals surface area contributed by atoms with Crippen LogP contribution in [0.15, 0.2) is 58.5 Å². The quantitative estimate of drug-likeness (QED) is 0.680. The van der Waals surface area contributed by atoms with E-state index >= 15 is 0 Å². The van der Waals surface area contributed by atoms with E-state index in [0.29, 0.717) is 5.75 Å². The summed E-state index contributed by atoms with van der Waals surface area (Å²) in [6, 6.07) is 15.3. The molecule has 0 radical (unpaired) electrons. The van der Waals surface area contributed by atoms with Gasteiger partial charge in [-0.15, -0.1) is 0 Å². The van der Waals surface area contributed by atoms with Crippen molar-refractivity contribution in [2.75, 3.05) is 11.1 Å². The number of nitrogens with zero attached hydrogens (tertiary/aromatic N) is 2. The van der Waals surface area contributed by atoms with Crippen molar-refractivity contribution >= 4 is 34.1 Å². The van der Waals surface area contributed by atoms with Crippen LogP contribution in [0.3, 0.4) is 0 Å². The summed E-state index contributed by atoms with van der Waals surface area (Å²) in [6.45, 7) is 2.07. The minimum atomic E-state index is -0.157. The second kappa shape index (κ2) is 7.56. The molecule has 0 bridgehead atoms. The maximum absolute atomic E-state index is 12.6. The molecular formula is C21H21N3O2S. The molecule has 5 nitrogen and oxygen atoms in total. The van der Waals surface area contributed by atoms with Crippen LogP contribution in [-0.4, -0.2) is 21.2 Å². The van der Waals surface area contributed by atoms with Gasteiger partial charge in [-0.3, -0.25) is 14.2 Å². The number of carbonyl (C=O) groups excluding carboxylic acids is 1. The van der Waals surface area contributed by atoms with Crippen molar-refractivity contribution in [3.63, 3.8) is 0 Å². The third-order valence-electron chi connectivity index (χ3n) is 4.73. The van der Waals surface area contributed by atoms with Crippen LogP contribution in [0.1, 0.15) is 31.5 Å². The first-order valence-electron chi connectivity index (χ1n) is 9.18. The highest BCUT2D eigenvalue weighted by Gasteiger charge is 2.27. The third kappa shape index (κ3) is 3.62. The average molecular weight is 379 g/mol. The molecule has 1 amide bonds. The van der Waals surface area contributed by atoms with Crippen LogP contribution in [0.5, 0.6) is 0 Å². The minimum absolute atomic E-state index is 0.0589. The molecule has 0 fully saturated rings. The topological polar surface area (TPSA) is 64.0 Å². The Balaban J connectivity index is 1.53. The predicted molar refractivity (Wildman–Crippen MR) is 109 cm³/mol. The fourth-order valence-electron chi connectivity index (χ4n) is 3.48. The summed E-state index contributed by atoms with van der Waals surface area (Å²) in [4.78, 5) is 29.7. The van der Waals surface area contributed by atoms with Crippen LogP contribution < -0.4 is 10.9 Å². The number of thioether (sulfide) groups is 1. The lowest BCUT2D eigenvalue weighted by Crippen LogP contribution is -2.27. The number of amides is 1. The van der Waals surface area contributed by atoms with Gasteiger partial charge in [-0.2, -0.15) is 0 Å². The lowest BCUT2D eigenvalue weighted by molar-refractivity contribution is -0.116. The number of nitrogens with one attached hydrogen (secondary N) is 1. The number of hydrogen-bond acceptors (Lipinski definition) is 4. The standard InChI is InChI=1S/C21H21N3O2S/c1-2-6-15-11-20(26)24-16(13-27-21(24)22-15)12-19(25)23-18-10-5-8-14-7-3-4-9-17(14)18/h3-5,7-11,16H,2,6,12-13H2,1H3,(H,23,25). The molecule has 0 saturated carbocycles. The van der Waals surface area contributed by atoms with E-state index in [9.17, 15) is 9.59 Å². The zero-order chi connectivity index (χ0) is 18.8. The van der Waals surface area contributed by atoms with Gasteiger partial charge in [-0.25, -0.2) is 4.98 Å². The lowest BCUT2D eigenvalue weighted by Gasteiger charge is -2.14. The zero-order valence-electron chi connectivity index (χ0n) is 15.1. The number of aromatic nitrogens is 2. The second-order valence-electron chi connectivity index (χ2n) is 6.73. The molecule has 0 spiro atoms. The van der Waals surface area contributed by atoms with Gasteiger partial charge in [0.05, 0.1) is 6.04 Å². The molecule has 0 saturated heterocycles. The molecule has 3 aromatic rings.